The highest BCUT2D eigenvalue weighted by Crippen LogP contribution is 2.60. The molecule has 14 heavy (non-hydrogen) atoms. The number of ketones is 1. The van der Waals surface area contributed by atoms with Crippen molar-refractivity contribution in [3.05, 3.63) is 0 Å². The molecule has 0 aromatic rings. The molecule has 0 radical (unpaired) electrons. The number of nitrogens with zero attached hydrogens (tertiary/aromatic N) is 2. The molecule has 4 nitrogen and oxygen atoms in total. The van der Waals surface area contributed by atoms with Crippen LogP contribution in [-0.4, -0.2) is 16.7 Å². The van der Waals surface area contributed by atoms with E-state index in [1.807, 2.05) is 13.8 Å². The van der Waals surface area contributed by atoms with Crippen molar-refractivity contribution in [1.82, 2.24) is 0 Å². The van der Waals surface area contributed by atoms with Gasteiger partial charge in [0.25, 0.3) is 0 Å². The molecule has 0 amide bonds. The topological polar surface area (TPSA) is 73.4 Å². The van der Waals surface area contributed by atoms with Crippen LogP contribution in [0.1, 0.15) is 27.2 Å². The summed E-state index contributed by atoms with van der Waals surface area (Å²) in [6.07, 6.45) is 0.407. The van der Waals surface area contributed by atoms with Crippen LogP contribution in [-0.2, 0) is 4.79 Å². The molecule has 0 aromatic carbocycles. The summed E-state index contributed by atoms with van der Waals surface area (Å²) in [6.45, 7) is 5.34. The lowest BCUT2D eigenvalue weighted by Gasteiger charge is -2.01. The highest BCUT2D eigenvalue weighted by Gasteiger charge is 2.60. The number of carbonyl (C=O) groups is 1. The Morgan fingerprint density at radius 1 is 1.64 bits per heavy atom. The summed E-state index contributed by atoms with van der Waals surface area (Å²) in [7, 11) is 0. The predicted octanol–water partition coefficient (Wildman–Crippen LogP) is 1.59. The van der Waals surface area contributed by atoms with Gasteiger partial charge in [-0.2, -0.15) is 5.26 Å². The average molecular weight is 194 g/mol. The molecule has 4 heteroatoms. The number of rotatable bonds is 3. The van der Waals surface area contributed by atoms with Gasteiger partial charge in [-0.25, -0.2) is 0 Å². The monoisotopic (exact) mass is 194 g/mol. The van der Waals surface area contributed by atoms with E-state index in [1.165, 1.54) is 6.92 Å². The van der Waals surface area contributed by atoms with Crippen LogP contribution in [0.4, 0.5) is 0 Å². The number of hydrogen-bond donors (Lipinski definition) is 1. The molecule has 1 fully saturated rings. The molecule has 0 unspecified atom stereocenters. The lowest BCUT2D eigenvalue weighted by Crippen LogP contribution is -2.15. The summed E-state index contributed by atoms with van der Waals surface area (Å²) in [4.78, 5) is 11.1. The average Bonchev–Trinajstić information content (AvgIpc) is 2.58. The van der Waals surface area contributed by atoms with Crippen LogP contribution in [0, 0.1) is 28.6 Å². The molecule has 0 aliphatic heterocycles. The van der Waals surface area contributed by atoms with Crippen LogP contribution >= 0.6 is 0 Å². The van der Waals surface area contributed by atoms with Gasteiger partial charge in [-0.15, -0.1) is 0 Å². The Hall–Kier alpha value is -1.37. The predicted molar refractivity (Wildman–Crippen MR) is 50.9 cm³/mol. The fourth-order valence-corrected chi connectivity index (χ4v) is 2.12. The van der Waals surface area contributed by atoms with Crippen molar-refractivity contribution in [2.24, 2.45) is 22.4 Å². The molecule has 0 bridgehead atoms. The van der Waals surface area contributed by atoms with Gasteiger partial charge in [0.2, 0.25) is 0 Å². The van der Waals surface area contributed by atoms with Crippen molar-refractivity contribution in [2.45, 2.75) is 27.2 Å². The van der Waals surface area contributed by atoms with Gasteiger partial charge in [0, 0.05) is 19.3 Å². The van der Waals surface area contributed by atoms with Gasteiger partial charge in [-0.1, -0.05) is 19.0 Å². The van der Waals surface area contributed by atoms with Crippen LogP contribution in [0.5, 0.6) is 0 Å². The minimum atomic E-state index is -0.217. The molecule has 2 atom stereocenters. The maximum absolute atomic E-state index is 11.1. The zero-order valence-corrected chi connectivity index (χ0v) is 8.61. The van der Waals surface area contributed by atoms with Crippen LogP contribution in [0.2, 0.25) is 0 Å². The Labute approximate surface area is 83.2 Å². The summed E-state index contributed by atoms with van der Waals surface area (Å²) >= 11 is 0. The van der Waals surface area contributed by atoms with Gasteiger partial charge in [-0.3, -0.25) is 4.79 Å². The van der Waals surface area contributed by atoms with Gasteiger partial charge < -0.3 is 5.21 Å². The Bertz CT molecular complexity index is 326. The van der Waals surface area contributed by atoms with E-state index in [-0.39, 0.29) is 28.7 Å². The van der Waals surface area contributed by atoms with E-state index in [0.717, 1.165) is 0 Å². The van der Waals surface area contributed by atoms with E-state index >= 15 is 0 Å². The maximum atomic E-state index is 11.1. The third-order valence-electron chi connectivity index (χ3n) is 3.12. The van der Waals surface area contributed by atoms with E-state index in [2.05, 4.69) is 11.2 Å². The SMILES string of the molecule is CC(=O)C(=NO)[C@H]1[C@H](CC#N)C1(C)C. The molecular formula is C10H14N2O2. The summed E-state index contributed by atoms with van der Waals surface area (Å²) < 4.78 is 0. The van der Waals surface area contributed by atoms with Gasteiger partial charge in [0.15, 0.2) is 5.78 Å². The highest BCUT2D eigenvalue weighted by molar-refractivity contribution is 6.40. The van der Waals surface area contributed by atoms with Crippen molar-refractivity contribution in [3.8, 4) is 6.07 Å². The van der Waals surface area contributed by atoms with E-state index in [9.17, 15) is 4.79 Å². The normalized spacial score (nSPS) is 29.4. The summed E-state index contributed by atoms with van der Waals surface area (Å²) in [6, 6.07) is 2.09. The van der Waals surface area contributed by atoms with Gasteiger partial charge >= 0.3 is 0 Å². The first-order valence-electron chi connectivity index (χ1n) is 4.56. The number of hydrogen-bond acceptors (Lipinski definition) is 4. The van der Waals surface area contributed by atoms with Crippen LogP contribution in [0.15, 0.2) is 5.16 Å². The molecule has 1 N–H and O–H groups in total. The first-order valence-corrected chi connectivity index (χ1v) is 4.56. The fourth-order valence-electron chi connectivity index (χ4n) is 2.12. The Kier molecular flexibility index (Phi) is 2.61. The van der Waals surface area contributed by atoms with Crippen molar-refractivity contribution in [1.29, 1.82) is 5.26 Å². The molecule has 1 saturated carbocycles. The third kappa shape index (κ3) is 1.50. The van der Waals surface area contributed by atoms with Gasteiger partial charge in [0.1, 0.15) is 5.71 Å². The van der Waals surface area contributed by atoms with E-state index in [1.54, 1.807) is 0 Å². The fraction of sp³-hybridized carbons (Fsp3) is 0.700. The lowest BCUT2D eigenvalue weighted by atomic mass is 10.0. The van der Waals surface area contributed by atoms with Gasteiger partial charge in [-0.05, 0) is 11.3 Å². The van der Waals surface area contributed by atoms with Crippen LogP contribution in [0.25, 0.3) is 0 Å². The number of carbonyl (C=O) groups excluding carboxylic acids is 1. The quantitative estimate of drug-likeness (QED) is 0.421. The lowest BCUT2D eigenvalue weighted by molar-refractivity contribution is -0.111. The summed E-state index contributed by atoms with van der Waals surface area (Å²) in [5, 5.41) is 20.3. The zero-order chi connectivity index (χ0) is 10.9. The molecule has 0 aromatic heterocycles. The highest BCUT2D eigenvalue weighted by atomic mass is 16.4. The first kappa shape index (κ1) is 10.7. The van der Waals surface area contributed by atoms with Crippen molar-refractivity contribution in [2.75, 3.05) is 0 Å². The van der Waals surface area contributed by atoms with Crippen molar-refractivity contribution >= 4 is 11.5 Å². The molecule has 1 aliphatic rings. The number of oxime groups is 1. The Morgan fingerprint density at radius 2 is 2.21 bits per heavy atom. The second-order valence-corrected chi connectivity index (χ2v) is 4.31. The largest absolute Gasteiger partial charge is 0.411 e. The van der Waals surface area contributed by atoms with E-state index in [4.69, 9.17) is 10.5 Å². The molecular weight excluding hydrogens is 180 g/mol. The standard InChI is InChI=1S/C10H14N2O2/c1-6(13)9(12-14)8-7(4-5-11)10(8,2)3/h7-8,14H,4H2,1-3H3/t7-,8+/m0/s1. The third-order valence-corrected chi connectivity index (χ3v) is 3.12. The van der Waals surface area contributed by atoms with Gasteiger partial charge in [0.05, 0.1) is 6.07 Å². The van der Waals surface area contributed by atoms with E-state index in [0.29, 0.717) is 6.42 Å². The van der Waals surface area contributed by atoms with E-state index < -0.39 is 0 Å². The summed E-state index contributed by atoms with van der Waals surface area (Å²) in [5.74, 6) is -0.141. The molecule has 1 aliphatic carbocycles. The van der Waals surface area contributed by atoms with Crippen LogP contribution in [0.3, 0.4) is 0 Å². The van der Waals surface area contributed by atoms with Crippen molar-refractivity contribution in [3.63, 3.8) is 0 Å². The Morgan fingerprint density at radius 3 is 2.57 bits per heavy atom. The second kappa shape index (κ2) is 3.41. The molecule has 76 valence electrons. The molecule has 0 saturated heterocycles. The Balaban J connectivity index is 2.83. The maximum Gasteiger partial charge on any atom is 0.177 e. The minimum Gasteiger partial charge on any atom is -0.411 e. The number of Topliss-reactive ketones (excluding diaryl/α,β-unsaturated/α-hetero) is 1. The first-order chi connectivity index (χ1) is 6.46. The molecule has 1 rings (SSSR count). The second-order valence-electron chi connectivity index (χ2n) is 4.31. The summed E-state index contributed by atoms with van der Waals surface area (Å²) in [5.41, 5.74) is 0.110. The zero-order valence-electron chi connectivity index (χ0n) is 8.61. The molecule has 0 spiro atoms. The molecule has 0 heterocycles. The number of nitriles is 1. The van der Waals surface area contributed by atoms with Crippen molar-refractivity contribution < 1.29 is 10.0 Å². The minimum absolute atomic E-state index is 0.0651. The van der Waals surface area contributed by atoms with Crippen LogP contribution < -0.4 is 0 Å². The smallest absolute Gasteiger partial charge is 0.177 e.